The summed E-state index contributed by atoms with van der Waals surface area (Å²) in [5.74, 6) is -0.828. The molecule has 1 aromatic heterocycles. The van der Waals surface area contributed by atoms with Crippen molar-refractivity contribution in [3.63, 3.8) is 0 Å². The number of thiophene rings is 1. The lowest BCUT2D eigenvalue weighted by Crippen LogP contribution is -2.44. The van der Waals surface area contributed by atoms with Gasteiger partial charge < -0.3 is 16.4 Å². The number of nitrogens with one attached hydrogen (secondary N) is 2. The van der Waals surface area contributed by atoms with Gasteiger partial charge in [0.25, 0.3) is 5.91 Å². The number of amides is 3. The quantitative estimate of drug-likeness (QED) is 0.642. The molecule has 1 aromatic carbocycles. The van der Waals surface area contributed by atoms with Crippen LogP contribution in [0.15, 0.2) is 30.3 Å². The Balaban J connectivity index is 1.36. The number of likely N-dealkylation sites (tertiary alicyclic amines) is 1. The average molecular weight is 441 g/mol. The van der Waals surface area contributed by atoms with Crippen LogP contribution in [0.3, 0.4) is 0 Å². The third-order valence-electron chi connectivity index (χ3n) is 5.96. The van der Waals surface area contributed by atoms with Crippen LogP contribution in [0, 0.1) is 5.92 Å². The fourth-order valence-corrected chi connectivity index (χ4v) is 5.77. The van der Waals surface area contributed by atoms with Gasteiger partial charge in [-0.05, 0) is 62.8 Å². The van der Waals surface area contributed by atoms with E-state index in [4.69, 9.17) is 5.73 Å². The highest BCUT2D eigenvalue weighted by molar-refractivity contribution is 7.17. The van der Waals surface area contributed by atoms with E-state index in [1.807, 2.05) is 35.2 Å². The number of nitrogens with two attached hydrogens (primary N) is 1. The van der Waals surface area contributed by atoms with Gasteiger partial charge in [-0.2, -0.15) is 0 Å². The highest BCUT2D eigenvalue weighted by Gasteiger charge is 2.28. The fraction of sp³-hybridized carbons (Fsp3) is 0.435. The topological polar surface area (TPSA) is 105 Å². The van der Waals surface area contributed by atoms with Crippen molar-refractivity contribution in [1.29, 1.82) is 0 Å². The maximum absolute atomic E-state index is 12.7. The van der Waals surface area contributed by atoms with E-state index in [1.165, 1.54) is 11.3 Å². The zero-order chi connectivity index (χ0) is 21.8. The summed E-state index contributed by atoms with van der Waals surface area (Å²) in [6, 6.07) is 9.40. The third kappa shape index (κ3) is 5.14. The molecule has 2 aliphatic rings. The van der Waals surface area contributed by atoms with Crippen molar-refractivity contribution in [2.45, 2.75) is 38.5 Å². The summed E-state index contributed by atoms with van der Waals surface area (Å²) < 4.78 is 0. The summed E-state index contributed by atoms with van der Waals surface area (Å²) in [5.41, 5.74) is 7.89. The Kier molecular flexibility index (Phi) is 6.67. The minimum Gasteiger partial charge on any atom is -0.365 e. The summed E-state index contributed by atoms with van der Waals surface area (Å²) in [6.07, 6.45) is 5.57. The molecule has 0 radical (unpaired) electrons. The Morgan fingerprint density at radius 2 is 1.84 bits per heavy atom. The van der Waals surface area contributed by atoms with Gasteiger partial charge in [0.1, 0.15) is 5.00 Å². The molecule has 1 saturated heterocycles. The van der Waals surface area contributed by atoms with Crippen molar-refractivity contribution in [1.82, 2.24) is 4.90 Å². The van der Waals surface area contributed by atoms with E-state index in [0.717, 1.165) is 61.2 Å². The molecule has 1 aliphatic carbocycles. The molecule has 0 bridgehead atoms. The number of nitrogens with zero attached hydrogens (tertiary/aromatic N) is 1. The summed E-state index contributed by atoms with van der Waals surface area (Å²) in [6.45, 7) is 1.50. The summed E-state index contributed by atoms with van der Waals surface area (Å²) in [4.78, 5) is 40.6. The van der Waals surface area contributed by atoms with Crippen LogP contribution in [0.1, 0.15) is 46.5 Å². The maximum Gasteiger partial charge on any atom is 0.251 e. The number of carbonyl (C=O) groups is 3. The zero-order valence-electron chi connectivity index (χ0n) is 17.5. The van der Waals surface area contributed by atoms with Crippen molar-refractivity contribution >= 4 is 39.7 Å². The van der Waals surface area contributed by atoms with E-state index >= 15 is 0 Å². The predicted molar refractivity (Wildman–Crippen MR) is 122 cm³/mol. The van der Waals surface area contributed by atoms with Crippen molar-refractivity contribution in [2.75, 3.05) is 30.3 Å². The summed E-state index contributed by atoms with van der Waals surface area (Å²) in [5, 5.41) is 6.44. The first-order valence-corrected chi connectivity index (χ1v) is 11.7. The zero-order valence-corrected chi connectivity index (χ0v) is 18.3. The second-order valence-electron chi connectivity index (χ2n) is 8.26. The minimum absolute atomic E-state index is 0.0155. The van der Waals surface area contributed by atoms with E-state index in [9.17, 15) is 14.4 Å². The van der Waals surface area contributed by atoms with Crippen molar-refractivity contribution < 1.29 is 14.4 Å². The highest BCUT2D eigenvalue weighted by Crippen LogP contribution is 2.37. The lowest BCUT2D eigenvalue weighted by atomic mass is 9.95. The number of benzene rings is 1. The van der Waals surface area contributed by atoms with Crippen LogP contribution in [-0.2, 0) is 22.4 Å². The minimum atomic E-state index is -0.481. The molecule has 1 aliphatic heterocycles. The van der Waals surface area contributed by atoms with Gasteiger partial charge in [-0.25, -0.2) is 0 Å². The number of primary amides is 1. The summed E-state index contributed by atoms with van der Waals surface area (Å²) >= 11 is 1.47. The Morgan fingerprint density at radius 1 is 1.06 bits per heavy atom. The molecular weight excluding hydrogens is 412 g/mol. The normalized spacial score (nSPS) is 18.8. The van der Waals surface area contributed by atoms with Crippen molar-refractivity contribution in [3.8, 4) is 0 Å². The maximum atomic E-state index is 12.7. The first-order chi connectivity index (χ1) is 15.0. The van der Waals surface area contributed by atoms with E-state index in [-0.39, 0.29) is 24.3 Å². The van der Waals surface area contributed by atoms with Gasteiger partial charge in [0, 0.05) is 17.1 Å². The molecule has 31 heavy (non-hydrogen) atoms. The molecule has 4 N–H and O–H groups in total. The average Bonchev–Trinajstić information content (AvgIpc) is 3.12. The van der Waals surface area contributed by atoms with Crippen molar-refractivity contribution in [3.05, 3.63) is 46.3 Å². The molecule has 0 saturated carbocycles. The van der Waals surface area contributed by atoms with E-state index < -0.39 is 5.91 Å². The monoisotopic (exact) mass is 440 g/mol. The molecule has 164 valence electrons. The first-order valence-electron chi connectivity index (χ1n) is 10.8. The molecular formula is C23H28N4O3S. The predicted octanol–water partition coefficient (Wildman–Crippen LogP) is 3.02. The molecule has 1 atom stereocenters. The molecule has 3 amide bonds. The lowest BCUT2D eigenvalue weighted by molar-refractivity contribution is -0.123. The van der Waals surface area contributed by atoms with Gasteiger partial charge in [0.05, 0.1) is 18.0 Å². The molecule has 0 unspecified atom stereocenters. The Labute approximate surface area is 186 Å². The number of rotatable bonds is 6. The third-order valence-corrected chi connectivity index (χ3v) is 7.16. The number of hydrogen-bond acceptors (Lipinski definition) is 5. The number of aryl methyl sites for hydroxylation is 1. The number of para-hydroxylation sites is 1. The lowest BCUT2D eigenvalue weighted by Gasteiger charge is -2.31. The number of hydrogen-bond donors (Lipinski definition) is 3. The Hall–Kier alpha value is -2.71. The van der Waals surface area contributed by atoms with Gasteiger partial charge in [-0.3, -0.25) is 19.3 Å². The largest absolute Gasteiger partial charge is 0.365 e. The second kappa shape index (κ2) is 9.62. The number of anilines is 2. The number of piperidine rings is 1. The molecule has 8 heteroatoms. The van der Waals surface area contributed by atoms with Crippen LogP contribution >= 0.6 is 11.3 Å². The van der Waals surface area contributed by atoms with E-state index in [0.29, 0.717) is 17.1 Å². The van der Waals surface area contributed by atoms with Gasteiger partial charge in [-0.15, -0.1) is 11.3 Å². The number of fused-ring (bicyclic) bond motifs is 1. The molecule has 2 aromatic rings. The SMILES string of the molecule is NC(=O)c1c(NC(=O)CN2CCC[C@@H](C(=O)Nc3ccccc3)C2)sc2c1CCCC2. The standard InChI is InChI=1S/C23H28N4O3S/c24-21(29)20-17-10-4-5-11-18(17)31-23(20)26-19(28)14-27-12-6-7-15(13-27)22(30)25-16-8-2-1-3-9-16/h1-3,8-9,15H,4-7,10-14H2,(H2,24,29)(H,25,30)(H,26,28)/t15-/m1/s1. The molecule has 4 rings (SSSR count). The van der Waals surface area contributed by atoms with E-state index in [1.54, 1.807) is 0 Å². The molecule has 7 nitrogen and oxygen atoms in total. The number of carbonyl (C=O) groups excluding carboxylic acids is 3. The van der Waals surface area contributed by atoms with Crippen molar-refractivity contribution in [2.24, 2.45) is 11.7 Å². The fourth-order valence-electron chi connectivity index (χ4n) is 4.46. The van der Waals surface area contributed by atoms with Crippen LogP contribution in [-0.4, -0.2) is 42.3 Å². The van der Waals surface area contributed by atoms with Gasteiger partial charge in [-0.1, -0.05) is 18.2 Å². The highest BCUT2D eigenvalue weighted by atomic mass is 32.1. The Bertz CT molecular complexity index is 973. The first kappa shape index (κ1) is 21.5. The van der Waals surface area contributed by atoms with Crippen LogP contribution in [0.2, 0.25) is 0 Å². The van der Waals surface area contributed by atoms with Crippen LogP contribution in [0.4, 0.5) is 10.7 Å². The van der Waals surface area contributed by atoms with E-state index in [2.05, 4.69) is 10.6 Å². The smallest absolute Gasteiger partial charge is 0.251 e. The van der Waals surface area contributed by atoms with Gasteiger partial charge >= 0.3 is 0 Å². The molecule has 1 fully saturated rings. The van der Waals surface area contributed by atoms with Gasteiger partial charge in [0.15, 0.2) is 0 Å². The van der Waals surface area contributed by atoms with Gasteiger partial charge in [0.2, 0.25) is 11.8 Å². The summed E-state index contributed by atoms with van der Waals surface area (Å²) in [7, 11) is 0. The van der Waals surface area contributed by atoms with Crippen LogP contribution < -0.4 is 16.4 Å². The molecule has 2 heterocycles. The van der Waals surface area contributed by atoms with Crippen LogP contribution in [0.25, 0.3) is 0 Å². The Morgan fingerprint density at radius 3 is 2.61 bits per heavy atom. The van der Waals surface area contributed by atoms with Crippen LogP contribution in [0.5, 0.6) is 0 Å². The molecule has 0 spiro atoms. The second-order valence-corrected chi connectivity index (χ2v) is 9.36.